The molecule has 3 N–H and O–H groups in total. The fourth-order valence-corrected chi connectivity index (χ4v) is 2.32. The summed E-state index contributed by atoms with van der Waals surface area (Å²) in [6, 6.07) is 3.96. The van der Waals surface area contributed by atoms with Crippen LogP contribution in [0.2, 0.25) is 0 Å². The topological polar surface area (TPSA) is 69.6 Å². The lowest BCUT2D eigenvalue weighted by atomic mass is 10.1. The molecule has 1 amide bonds. The Bertz CT molecular complexity index is 419. The van der Waals surface area contributed by atoms with Gasteiger partial charge in [-0.25, -0.2) is 0 Å². The predicted molar refractivity (Wildman–Crippen MR) is 73.2 cm³/mol. The van der Waals surface area contributed by atoms with Gasteiger partial charge in [-0.15, -0.1) is 0 Å². The van der Waals surface area contributed by atoms with E-state index >= 15 is 0 Å². The van der Waals surface area contributed by atoms with Crippen molar-refractivity contribution in [2.24, 2.45) is 0 Å². The van der Waals surface area contributed by atoms with E-state index in [9.17, 15) is 9.90 Å². The molecule has 0 saturated carbocycles. The molecule has 4 nitrogen and oxygen atoms in total. The highest BCUT2D eigenvalue weighted by Crippen LogP contribution is 2.25. The van der Waals surface area contributed by atoms with Gasteiger partial charge in [0.25, 0.3) is 5.91 Å². The summed E-state index contributed by atoms with van der Waals surface area (Å²) in [7, 11) is 0. The number of phenolic OH excluding ortho intramolecular Hbond substituents is 2. The van der Waals surface area contributed by atoms with Crippen LogP contribution in [-0.4, -0.2) is 32.3 Å². The van der Waals surface area contributed by atoms with Crippen LogP contribution in [0.1, 0.15) is 17.3 Å². The third kappa shape index (κ3) is 3.61. The smallest absolute Gasteiger partial charge is 0.251 e. The third-order valence-corrected chi connectivity index (χ3v) is 4.72. The highest BCUT2D eigenvalue weighted by atomic mass is 79.9. The summed E-state index contributed by atoms with van der Waals surface area (Å²) in [5, 5.41) is 22.5. The van der Waals surface area contributed by atoms with Crippen LogP contribution >= 0.6 is 31.9 Å². The molecule has 0 aliphatic carbocycles. The minimum atomic E-state index is -0.412. The number of aromatic hydroxyl groups is 2. The van der Waals surface area contributed by atoms with Gasteiger partial charge < -0.3 is 15.5 Å². The Balaban J connectivity index is 2.86. The number of carbonyl (C=O) groups excluding carboxylic acids is 1. The van der Waals surface area contributed by atoms with Gasteiger partial charge in [0.05, 0.1) is 5.54 Å². The molecule has 1 aromatic carbocycles. The largest absolute Gasteiger partial charge is 0.504 e. The average Bonchev–Trinajstić information content (AvgIpc) is 2.32. The molecule has 0 saturated heterocycles. The second-order valence-electron chi connectivity index (χ2n) is 3.99. The molecule has 6 heteroatoms. The second-order valence-corrected chi connectivity index (χ2v) is 5.11. The second kappa shape index (κ2) is 5.73. The van der Waals surface area contributed by atoms with Crippen molar-refractivity contribution in [2.75, 3.05) is 10.7 Å². The normalized spacial score (nSPS) is 11.2. The zero-order valence-electron chi connectivity index (χ0n) is 9.20. The number of hydrogen-bond acceptors (Lipinski definition) is 3. The van der Waals surface area contributed by atoms with Crippen molar-refractivity contribution in [2.45, 2.75) is 12.5 Å². The predicted octanol–water partition coefficient (Wildman–Crippen LogP) is 2.38. The number of amides is 1. The Morgan fingerprint density at radius 3 is 2.35 bits per heavy atom. The fraction of sp³-hybridized carbons (Fsp3) is 0.364. The number of phenols is 2. The van der Waals surface area contributed by atoms with E-state index in [1.807, 2.05) is 6.92 Å². The number of halogens is 2. The van der Waals surface area contributed by atoms with Crippen molar-refractivity contribution >= 4 is 37.8 Å². The number of benzene rings is 1. The summed E-state index contributed by atoms with van der Waals surface area (Å²) in [5.41, 5.74) is -0.113. The van der Waals surface area contributed by atoms with E-state index in [0.717, 1.165) is 0 Å². The summed E-state index contributed by atoms with van der Waals surface area (Å²) in [4.78, 5) is 11.9. The molecular formula is C11H13Br2NO3. The maximum Gasteiger partial charge on any atom is 0.251 e. The average molecular weight is 367 g/mol. The Morgan fingerprint density at radius 2 is 1.88 bits per heavy atom. The number of rotatable bonds is 4. The molecule has 0 heterocycles. The molecule has 0 radical (unpaired) electrons. The first-order valence-corrected chi connectivity index (χ1v) is 7.12. The monoisotopic (exact) mass is 365 g/mol. The van der Waals surface area contributed by atoms with Crippen molar-refractivity contribution in [3.05, 3.63) is 23.8 Å². The molecule has 0 aliphatic heterocycles. The van der Waals surface area contributed by atoms with E-state index in [2.05, 4.69) is 37.2 Å². The summed E-state index contributed by atoms with van der Waals surface area (Å²) < 4.78 is 0. The van der Waals surface area contributed by atoms with Crippen LogP contribution in [0.15, 0.2) is 18.2 Å². The highest BCUT2D eigenvalue weighted by Gasteiger charge is 2.24. The van der Waals surface area contributed by atoms with E-state index in [1.54, 1.807) is 0 Å². The van der Waals surface area contributed by atoms with Gasteiger partial charge in [-0.1, -0.05) is 31.9 Å². The number of alkyl halides is 2. The van der Waals surface area contributed by atoms with Gasteiger partial charge in [0.15, 0.2) is 11.5 Å². The summed E-state index contributed by atoms with van der Waals surface area (Å²) in [6.07, 6.45) is 0. The van der Waals surface area contributed by atoms with Gasteiger partial charge in [-0.2, -0.15) is 0 Å². The minimum Gasteiger partial charge on any atom is -0.504 e. The van der Waals surface area contributed by atoms with Crippen LogP contribution in [0, 0.1) is 0 Å². The highest BCUT2D eigenvalue weighted by molar-refractivity contribution is 9.09. The van der Waals surface area contributed by atoms with Crippen LogP contribution in [0.3, 0.4) is 0 Å². The Labute approximate surface area is 116 Å². The molecule has 0 fully saturated rings. The zero-order chi connectivity index (χ0) is 13.1. The first kappa shape index (κ1) is 14.3. The Kier molecular flexibility index (Phi) is 4.82. The molecule has 0 spiro atoms. The fourth-order valence-electron chi connectivity index (χ4n) is 1.11. The maximum absolute atomic E-state index is 11.9. The van der Waals surface area contributed by atoms with Crippen molar-refractivity contribution in [1.29, 1.82) is 0 Å². The molecule has 1 rings (SSSR count). The zero-order valence-corrected chi connectivity index (χ0v) is 12.4. The van der Waals surface area contributed by atoms with Gasteiger partial charge in [0.1, 0.15) is 0 Å². The molecule has 17 heavy (non-hydrogen) atoms. The van der Waals surface area contributed by atoms with Crippen LogP contribution < -0.4 is 5.32 Å². The molecule has 0 aliphatic rings. The number of nitrogens with one attached hydrogen (secondary N) is 1. The molecule has 0 bridgehead atoms. The van der Waals surface area contributed by atoms with Crippen LogP contribution in [0.25, 0.3) is 0 Å². The quantitative estimate of drug-likeness (QED) is 0.566. The van der Waals surface area contributed by atoms with Crippen molar-refractivity contribution < 1.29 is 15.0 Å². The number of hydrogen-bond donors (Lipinski definition) is 3. The first-order valence-electron chi connectivity index (χ1n) is 4.88. The summed E-state index contributed by atoms with van der Waals surface area (Å²) in [6.45, 7) is 1.88. The van der Waals surface area contributed by atoms with E-state index < -0.39 is 5.54 Å². The minimum absolute atomic E-state index is 0.245. The van der Waals surface area contributed by atoms with Crippen molar-refractivity contribution in [3.63, 3.8) is 0 Å². The lowest BCUT2D eigenvalue weighted by Crippen LogP contribution is -2.48. The van der Waals surface area contributed by atoms with Gasteiger partial charge in [0, 0.05) is 16.2 Å². The van der Waals surface area contributed by atoms with Crippen LogP contribution in [0.4, 0.5) is 0 Å². The third-order valence-electron chi connectivity index (χ3n) is 2.24. The van der Waals surface area contributed by atoms with Crippen LogP contribution in [-0.2, 0) is 0 Å². The van der Waals surface area contributed by atoms with Crippen molar-refractivity contribution in [3.8, 4) is 11.5 Å². The van der Waals surface area contributed by atoms with Gasteiger partial charge in [0.2, 0.25) is 0 Å². The standard InChI is InChI=1S/C11H13Br2NO3/c1-11(5-12,6-13)14-10(17)7-2-3-8(15)9(16)4-7/h2-4,15-16H,5-6H2,1H3,(H,14,17). The number of carbonyl (C=O) groups is 1. The Hall–Kier alpha value is -0.750. The van der Waals surface area contributed by atoms with E-state index in [4.69, 9.17) is 5.11 Å². The lowest BCUT2D eigenvalue weighted by molar-refractivity contribution is 0.0922. The van der Waals surface area contributed by atoms with E-state index in [0.29, 0.717) is 16.2 Å². The molecule has 1 aromatic rings. The molecule has 0 aromatic heterocycles. The Morgan fingerprint density at radius 1 is 1.29 bits per heavy atom. The summed E-state index contributed by atoms with van der Waals surface area (Å²) in [5.74, 6) is -0.857. The van der Waals surface area contributed by atoms with Crippen LogP contribution in [0.5, 0.6) is 11.5 Å². The maximum atomic E-state index is 11.9. The molecule has 94 valence electrons. The summed E-state index contributed by atoms with van der Waals surface area (Å²) >= 11 is 6.65. The van der Waals surface area contributed by atoms with Gasteiger partial charge in [-0.3, -0.25) is 4.79 Å². The first-order chi connectivity index (χ1) is 7.91. The molecule has 0 atom stereocenters. The lowest BCUT2D eigenvalue weighted by Gasteiger charge is -2.26. The van der Waals surface area contributed by atoms with Gasteiger partial charge >= 0.3 is 0 Å². The molecular weight excluding hydrogens is 354 g/mol. The SMILES string of the molecule is CC(CBr)(CBr)NC(=O)c1ccc(O)c(O)c1. The molecule has 0 unspecified atom stereocenters. The van der Waals surface area contributed by atoms with Crippen molar-refractivity contribution in [1.82, 2.24) is 5.32 Å². The van der Waals surface area contributed by atoms with Gasteiger partial charge in [-0.05, 0) is 25.1 Å². The van der Waals surface area contributed by atoms with E-state index in [1.165, 1.54) is 18.2 Å². The van der Waals surface area contributed by atoms with E-state index in [-0.39, 0.29) is 17.4 Å².